The topological polar surface area (TPSA) is 74.3 Å². The molecule has 0 bridgehead atoms. The highest BCUT2D eigenvalue weighted by Gasteiger charge is 2.28. The van der Waals surface area contributed by atoms with Crippen LogP contribution in [0, 0.1) is 5.92 Å². The van der Waals surface area contributed by atoms with Crippen molar-refractivity contribution in [3.63, 3.8) is 0 Å². The van der Waals surface area contributed by atoms with E-state index in [1.807, 2.05) is 12.1 Å². The van der Waals surface area contributed by atoms with Crippen molar-refractivity contribution < 1.29 is 8.42 Å². The summed E-state index contributed by atoms with van der Waals surface area (Å²) in [5.41, 5.74) is 0.912. The highest BCUT2D eigenvalue weighted by molar-refractivity contribution is 7.87. The van der Waals surface area contributed by atoms with Gasteiger partial charge in [-0.15, -0.1) is 0 Å². The van der Waals surface area contributed by atoms with Gasteiger partial charge in [0, 0.05) is 32.0 Å². The largest absolute Gasteiger partial charge is 0.317 e. The van der Waals surface area contributed by atoms with Crippen LogP contribution in [0.1, 0.15) is 25.3 Å². The molecule has 2 N–H and O–H groups in total. The summed E-state index contributed by atoms with van der Waals surface area (Å²) in [5, 5.41) is 3.30. The minimum Gasteiger partial charge on any atom is -0.317 e. The van der Waals surface area contributed by atoms with Gasteiger partial charge in [-0.05, 0) is 49.5 Å². The third-order valence-corrected chi connectivity index (χ3v) is 5.23. The number of aromatic nitrogens is 1. The van der Waals surface area contributed by atoms with Crippen molar-refractivity contribution in [2.45, 2.75) is 26.3 Å². The van der Waals surface area contributed by atoms with Crippen LogP contribution in [0.2, 0.25) is 0 Å². The van der Waals surface area contributed by atoms with Gasteiger partial charge in [-0.2, -0.15) is 17.4 Å². The summed E-state index contributed by atoms with van der Waals surface area (Å²) in [5.74, 6) is 0.399. The maximum absolute atomic E-state index is 12.4. The average molecular weight is 312 g/mol. The van der Waals surface area contributed by atoms with Gasteiger partial charge in [-0.3, -0.25) is 4.98 Å². The molecule has 118 valence electrons. The van der Waals surface area contributed by atoms with Crippen molar-refractivity contribution in [2.75, 3.05) is 26.2 Å². The van der Waals surface area contributed by atoms with E-state index in [1.54, 1.807) is 16.7 Å². The summed E-state index contributed by atoms with van der Waals surface area (Å²) >= 11 is 0. The van der Waals surface area contributed by atoms with Gasteiger partial charge in [0.05, 0.1) is 0 Å². The lowest BCUT2D eigenvalue weighted by Crippen LogP contribution is -2.47. The minimum absolute atomic E-state index is 0.305. The molecule has 1 aliphatic heterocycles. The Morgan fingerprint density at radius 1 is 1.38 bits per heavy atom. The van der Waals surface area contributed by atoms with Gasteiger partial charge in [0.15, 0.2) is 0 Å². The lowest BCUT2D eigenvalue weighted by molar-refractivity contribution is 0.258. The van der Waals surface area contributed by atoms with Crippen molar-refractivity contribution in [3.8, 4) is 0 Å². The van der Waals surface area contributed by atoms with E-state index in [4.69, 9.17) is 0 Å². The van der Waals surface area contributed by atoms with Crippen LogP contribution in [0.3, 0.4) is 0 Å². The summed E-state index contributed by atoms with van der Waals surface area (Å²) in [4.78, 5) is 3.92. The first kappa shape index (κ1) is 16.4. The van der Waals surface area contributed by atoms with Gasteiger partial charge in [-0.1, -0.05) is 6.92 Å². The molecule has 2 heterocycles. The molecule has 0 spiro atoms. The van der Waals surface area contributed by atoms with Crippen LogP contribution in [-0.2, 0) is 16.8 Å². The molecule has 0 amide bonds. The molecule has 1 fully saturated rings. The van der Waals surface area contributed by atoms with Crippen molar-refractivity contribution >= 4 is 10.2 Å². The summed E-state index contributed by atoms with van der Waals surface area (Å²) in [6.45, 7) is 5.37. The predicted molar refractivity (Wildman–Crippen MR) is 82.8 cm³/mol. The van der Waals surface area contributed by atoms with E-state index in [0.717, 1.165) is 31.5 Å². The van der Waals surface area contributed by atoms with Crippen LogP contribution in [0.4, 0.5) is 0 Å². The van der Waals surface area contributed by atoms with E-state index >= 15 is 0 Å². The molecule has 21 heavy (non-hydrogen) atoms. The molecule has 0 saturated carbocycles. The highest BCUT2D eigenvalue weighted by atomic mass is 32.2. The molecule has 1 atom stereocenters. The van der Waals surface area contributed by atoms with E-state index < -0.39 is 10.2 Å². The van der Waals surface area contributed by atoms with E-state index in [1.165, 1.54) is 0 Å². The van der Waals surface area contributed by atoms with Gasteiger partial charge in [0.1, 0.15) is 0 Å². The van der Waals surface area contributed by atoms with Crippen LogP contribution >= 0.6 is 0 Å². The molecule has 1 aromatic heterocycles. The predicted octanol–water partition coefficient (Wildman–Crippen LogP) is 0.738. The first-order valence-electron chi connectivity index (χ1n) is 7.46. The van der Waals surface area contributed by atoms with Crippen LogP contribution in [0.15, 0.2) is 24.5 Å². The summed E-state index contributed by atoms with van der Waals surface area (Å²) in [7, 11) is -3.40. The third kappa shape index (κ3) is 5.03. The summed E-state index contributed by atoms with van der Waals surface area (Å²) in [6.07, 6.45) is 5.34. The van der Waals surface area contributed by atoms with Crippen molar-refractivity contribution in [1.82, 2.24) is 19.3 Å². The molecule has 0 radical (unpaired) electrons. The fraction of sp³-hybridized carbons (Fsp3) is 0.643. The number of nitrogens with one attached hydrogen (secondary N) is 2. The molecule has 1 aliphatic rings. The summed E-state index contributed by atoms with van der Waals surface area (Å²) < 4.78 is 29.0. The fourth-order valence-electron chi connectivity index (χ4n) is 2.53. The average Bonchev–Trinajstić information content (AvgIpc) is 2.52. The molecular weight excluding hydrogens is 288 g/mol. The molecule has 6 nitrogen and oxygen atoms in total. The number of piperidine rings is 1. The Morgan fingerprint density at radius 3 is 2.86 bits per heavy atom. The van der Waals surface area contributed by atoms with Gasteiger partial charge in [0.25, 0.3) is 10.2 Å². The first-order chi connectivity index (χ1) is 10.1. The summed E-state index contributed by atoms with van der Waals surface area (Å²) in [6, 6.07) is 3.62. The number of nitrogens with zero attached hydrogens (tertiary/aromatic N) is 2. The second-order valence-corrected chi connectivity index (χ2v) is 7.11. The van der Waals surface area contributed by atoms with Crippen LogP contribution < -0.4 is 10.0 Å². The second-order valence-electron chi connectivity index (χ2n) is 5.36. The lowest BCUT2D eigenvalue weighted by atomic mass is 10.00. The molecule has 7 heteroatoms. The molecule has 1 aromatic rings. The molecule has 2 rings (SSSR count). The zero-order chi connectivity index (χ0) is 15.1. The molecule has 0 aromatic carbocycles. The quantitative estimate of drug-likeness (QED) is 0.779. The number of pyridine rings is 1. The highest BCUT2D eigenvalue weighted by Crippen LogP contribution is 2.18. The van der Waals surface area contributed by atoms with Gasteiger partial charge >= 0.3 is 0 Å². The standard InChI is InChI=1S/C14H24N4O2S/c1-2-15-10-14-4-3-9-18(12-14)21(19,20)17-11-13-5-7-16-8-6-13/h5-8,14-15,17H,2-4,9-12H2,1H3. The van der Waals surface area contributed by atoms with Gasteiger partial charge in [0.2, 0.25) is 0 Å². The van der Waals surface area contributed by atoms with Crippen molar-refractivity contribution in [2.24, 2.45) is 5.92 Å². The fourth-order valence-corrected chi connectivity index (χ4v) is 3.83. The normalized spacial score (nSPS) is 20.5. The molecule has 0 aliphatic carbocycles. The Balaban J connectivity index is 1.89. The van der Waals surface area contributed by atoms with Crippen molar-refractivity contribution in [3.05, 3.63) is 30.1 Å². The van der Waals surface area contributed by atoms with Crippen molar-refractivity contribution in [1.29, 1.82) is 0 Å². The molecular formula is C14H24N4O2S. The second kappa shape index (κ2) is 7.84. The Labute approximate surface area is 127 Å². The Morgan fingerprint density at radius 2 is 2.14 bits per heavy atom. The van der Waals surface area contributed by atoms with Gasteiger partial charge in [-0.25, -0.2) is 0 Å². The SMILES string of the molecule is CCNCC1CCCN(S(=O)(=O)NCc2ccncc2)C1. The zero-order valence-electron chi connectivity index (χ0n) is 12.5. The van der Waals surface area contributed by atoms with Crippen LogP contribution in [0.25, 0.3) is 0 Å². The minimum atomic E-state index is -3.40. The molecule has 1 unspecified atom stereocenters. The maximum Gasteiger partial charge on any atom is 0.279 e. The number of hydrogen-bond donors (Lipinski definition) is 2. The number of rotatable bonds is 7. The monoisotopic (exact) mass is 312 g/mol. The van der Waals surface area contributed by atoms with E-state index in [0.29, 0.717) is 25.6 Å². The smallest absolute Gasteiger partial charge is 0.279 e. The Bertz CT molecular complexity index is 521. The Kier molecular flexibility index (Phi) is 6.10. The first-order valence-corrected chi connectivity index (χ1v) is 8.90. The lowest BCUT2D eigenvalue weighted by Gasteiger charge is -2.32. The van der Waals surface area contributed by atoms with E-state index in [9.17, 15) is 8.42 Å². The Hall–Kier alpha value is -1.02. The van der Waals surface area contributed by atoms with E-state index in [2.05, 4.69) is 21.9 Å². The number of hydrogen-bond acceptors (Lipinski definition) is 4. The maximum atomic E-state index is 12.4. The molecule has 1 saturated heterocycles. The van der Waals surface area contributed by atoms with Gasteiger partial charge < -0.3 is 5.32 Å². The van der Waals surface area contributed by atoms with Crippen LogP contribution in [0.5, 0.6) is 0 Å². The van der Waals surface area contributed by atoms with E-state index in [-0.39, 0.29) is 0 Å². The zero-order valence-corrected chi connectivity index (χ0v) is 13.3. The third-order valence-electron chi connectivity index (χ3n) is 3.71. The van der Waals surface area contributed by atoms with Crippen LogP contribution in [-0.4, -0.2) is 43.9 Å².